The highest BCUT2D eigenvalue weighted by molar-refractivity contribution is 5.85. The molecule has 0 aromatic carbocycles. The predicted octanol–water partition coefficient (Wildman–Crippen LogP) is 2.21. The van der Waals surface area contributed by atoms with Crippen LogP contribution < -0.4 is 10.6 Å². The Morgan fingerprint density at radius 3 is 2.31 bits per heavy atom. The average Bonchev–Trinajstić information content (AvgIpc) is 2.10. The van der Waals surface area contributed by atoms with E-state index in [9.17, 15) is 4.79 Å². The van der Waals surface area contributed by atoms with Gasteiger partial charge in [-0.25, -0.2) is 0 Å². The van der Waals surface area contributed by atoms with Crippen molar-refractivity contribution in [2.24, 2.45) is 11.8 Å². The molecule has 0 fully saturated rings. The van der Waals surface area contributed by atoms with Crippen LogP contribution in [0.1, 0.15) is 40.0 Å². The van der Waals surface area contributed by atoms with Gasteiger partial charge in [-0.2, -0.15) is 0 Å². The van der Waals surface area contributed by atoms with E-state index in [1.54, 1.807) is 0 Å². The fourth-order valence-electron chi connectivity index (χ4n) is 1.77. The Bertz CT molecular complexity index is 174. The molecular formula is C12H27ClN2O. The summed E-state index contributed by atoms with van der Waals surface area (Å²) in [6, 6.07) is 0. The fourth-order valence-corrected chi connectivity index (χ4v) is 1.77. The van der Waals surface area contributed by atoms with Gasteiger partial charge >= 0.3 is 0 Å². The second kappa shape index (κ2) is 11.2. The maximum Gasteiger partial charge on any atom is 0.220 e. The molecule has 0 aliphatic rings. The molecular weight excluding hydrogens is 224 g/mol. The summed E-state index contributed by atoms with van der Waals surface area (Å²) in [5, 5.41) is 6.00. The minimum absolute atomic E-state index is 0. The van der Waals surface area contributed by atoms with Crippen LogP contribution in [0.5, 0.6) is 0 Å². The fraction of sp³-hybridized carbons (Fsp3) is 0.917. The van der Waals surface area contributed by atoms with Crippen LogP contribution in [0.25, 0.3) is 0 Å². The minimum Gasteiger partial charge on any atom is -0.356 e. The standard InChI is InChI=1S/C12H26N2O.ClH/c1-10(2)8-11(3)9-12(15)14-7-5-6-13-4;/h10-11,13H,5-9H2,1-4H3,(H,14,15);1H. The van der Waals surface area contributed by atoms with E-state index >= 15 is 0 Å². The van der Waals surface area contributed by atoms with E-state index in [4.69, 9.17) is 0 Å². The van der Waals surface area contributed by atoms with Crippen molar-refractivity contribution in [3.8, 4) is 0 Å². The van der Waals surface area contributed by atoms with E-state index in [2.05, 4.69) is 31.4 Å². The summed E-state index contributed by atoms with van der Waals surface area (Å²) >= 11 is 0. The van der Waals surface area contributed by atoms with Crippen molar-refractivity contribution >= 4 is 18.3 Å². The summed E-state index contributed by atoms with van der Waals surface area (Å²) in [6.07, 6.45) is 2.79. The number of halogens is 1. The van der Waals surface area contributed by atoms with Crippen LogP contribution in [0.4, 0.5) is 0 Å². The molecule has 98 valence electrons. The molecule has 0 aromatic heterocycles. The molecule has 4 heteroatoms. The zero-order chi connectivity index (χ0) is 11.7. The van der Waals surface area contributed by atoms with Crippen molar-refractivity contribution in [3.63, 3.8) is 0 Å². The van der Waals surface area contributed by atoms with Crippen molar-refractivity contribution in [3.05, 3.63) is 0 Å². The van der Waals surface area contributed by atoms with Crippen molar-refractivity contribution < 1.29 is 4.79 Å². The lowest BCUT2D eigenvalue weighted by molar-refractivity contribution is -0.121. The number of amides is 1. The number of hydrogen-bond acceptors (Lipinski definition) is 2. The zero-order valence-corrected chi connectivity index (χ0v) is 11.8. The first-order valence-electron chi connectivity index (χ1n) is 5.97. The van der Waals surface area contributed by atoms with Gasteiger partial charge in [0.25, 0.3) is 0 Å². The molecule has 0 aliphatic carbocycles. The summed E-state index contributed by atoms with van der Waals surface area (Å²) in [7, 11) is 1.92. The molecule has 0 saturated carbocycles. The third kappa shape index (κ3) is 11.8. The van der Waals surface area contributed by atoms with Crippen LogP contribution in [-0.4, -0.2) is 26.0 Å². The monoisotopic (exact) mass is 250 g/mol. The van der Waals surface area contributed by atoms with Gasteiger partial charge in [-0.15, -0.1) is 12.4 Å². The molecule has 0 radical (unpaired) electrons. The third-order valence-corrected chi connectivity index (χ3v) is 2.33. The second-order valence-electron chi connectivity index (χ2n) is 4.75. The summed E-state index contributed by atoms with van der Waals surface area (Å²) < 4.78 is 0. The van der Waals surface area contributed by atoms with Gasteiger partial charge in [-0.1, -0.05) is 20.8 Å². The van der Waals surface area contributed by atoms with Crippen molar-refractivity contribution in [2.45, 2.75) is 40.0 Å². The number of carbonyl (C=O) groups excluding carboxylic acids is 1. The van der Waals surface area contributed by atoms with Gasteiger partial charge < -0.3 is 10.6 Å². The van der Waals surface area contributed by atoms with E-state index in [1.807, 2.05) is 7.05 Å². The number of carbonyl (C=O) groups is 1. The van der Waals surface area contributed by atoms with E-state index in [0.717, 1.165) is 25.9 Å². The number of rotatable bonds is 8. The molecule has 1 unspecified atom stereocenters. The zero-order valence-electron chi connectivity index (χ0n) is 11.0. The summed E-state index contributed by atoms with van der Waals surface area (Å²) in [4.78, 5) is 11.5. The van der Waals surface area contributed by atoms with Crippen LogP contribution in [0, 0.1) is 11.8 Å². The van der Waals surface area contributed by atoms with Crippen LogP contribution in [-0.2, 0) is 4.79 Å². The quantitative estimate of drug-likeness (QED) is 0.649. The van der Waals surface area contributed by atoms with Crippen molar-refractivity contribution in [2.75, 3.05) is 20.1 Å². The van der Waals surface area contributed by atoms with Gasteiger partial charge in [-0.05, 0) is 38.3 Å². The van der Waals surface area contributed by atoms with Gasteiger partial charge in [0, 0.05) is 13.0 Å². The van der Waals surface area contributed by atoms with Gasteiger partial charge in [0.2, 0.25) is 5.91 Å². The molecule has 0 bridgehead atoms. The Balaban J connectivity index is 0. The molecule has 0 spiro atoms. The Morgan fingerprint density at radius 2 is 1.81 bits per heavy atom. The molecule has 1 atom stereocenters. The molecule has 2 N–H and O–H groups in total. The van der Waals surface area contributed by atoms with Crippen molar-refractivity contribution in [1.82, 2.24) is 10.6 Å². The summed E-state index contributed by atoms with van der Waals surface area (Å²) in [5.74, 6) is 1.37. The predicted molar refractivity (Wildman–Crippen MR) is 72.0 cm³/mol. The average molecular weight is 251 g/mol. The third-order valence-electron chi connectivity index (χ3n) is 2.33. The van der Waals surface area contributed by atoms with E-state index in [0.29, 0.717) is 18.3 Å². The smallest absolute Gasteiger partial charge is 0.220 e. The molecule has 0 aromatic rings. The topological polar surface area (TPSA) is 41.1 Å². The lowest BCUT2D eigenvalue weighted by Gasteiger charge is -2.13. The molecule has 0 heterocycles. The normalized spacial score (nSPS) is 12.1. The van der Waals surface area contributed by atoms with Crippen LogP contribution in [0.2, 0.25) is 0 Å². The molecule has 0 aliphatic heterocycles. The van der Waals surface area contributed by atoms with Crippen LogP contribution in [0.3, 0.4) is 0 Å². The SMILES string of the molecule is CNCCCNC(=O)CC(C)CC(C)C.Cl. The van der Waals surface area contributed by atoms with E-state index in [-0.39, 0.29) is 18.3 Å². The first-order chi connectivity index (χ1) is 7.06. The number of hydrogen-bond donors (Lipinski definition) is 2. The molecule has 3 nitrogen and oxygen atoms in total. The molecule has 0 rings (SSSR count). The summed E-state index contributed by atoms with van der Waals surface area (Å²) in [5.41, 5.74) is 0. The Morgan fingerprint density at radius 1 is 1.19 bits per heavy atom. The molecule has 0 saturated heterocycles. The van der Waals surface area contributed by atoms with E-state index < -0.39 is 0 Å². The van der Waals surface area contributed by atoms with Crippen molar-refractivity contribution in [1.29, 1.82) is 0 Å². The Hall–Kier alpha value is -0.280. The second-order valence-corrected chi connectivity index (χ2v) is 4.75. The van der Waals surface area contributed by atoms with Gasteiger partial charge in [0.05, 0.1) is 0 Å². The van der Waals surface area contributed by atoms with Gasteiger partial charge in [0.1, 0.15) is 0 Å². The van der Waals surface area contributed by atoms with E-state index in [1.165, 1.54) is 0 Å². The first kappa shape index (κ1) is 18.1. The Labute approximate surface area is 106 Å². The lowest BCUT2D eigenvalue weighted by Crippen LogP contribution is -2.28. The summed E-state index contributed by atoms with van der Waals surface area (Å²) in [6.45, 7) is 8.28. The maximum absolute atomic E-state index is 11.5. The molecule has 1 amide bonds. The highest BCUT2D eigenvalue weighted by Crippen LogP contribution is 2.13. The minimum atomic E-state index is 0. The van der Waals surface area contributed by atoms with Gasteiger partial charge in [-0.3, -0.25) is 4.79 Å². The van der Waals surface area contributed by atoms with Crippen LogP contribution >= 0.6 is 12.4 Å². The lowest BCUT2D eigenvalue weighted by atomic mass is 9.96. The molecule has 16 heavy (non-hydrogen) atoms. The number of nitrogens with one attached hydrogen (secondary N) is 2. The van der Waals surface area contributed by atoms with Crippen LogP contribution in [0.15, 0.2) is 0 Å². The maximum atomic E-state index is 11.5. The largest absolute Gasteiger partial charge is 0.356 e. The highest BCUT2D eigenvalue weighted by Gasteiger charge is 2.09. The Kier molecular flexibility index (Phi) is 12.7. The highest BCUT2D eigenvalue weighted by atomic mass is 35.5. The first-order valence-corrected chi connectivity index (χ1v) is 5.97. The van der Waals surface area contributed by atoms with Gasteiger partial charge in [0.15, 0.2) is 0 Å².